The SMILES string of the molecule is COC(=O)C1CC2(C1)CN(CC(=O)NC(C(=O)N1C[C@H](O)C[C@H]1C(=O)NCc1ccc(-c3scnc3C)cc1)C(C)(C)C)C2. The lowest BCUT2D eigenvalue weighted by atomic mass is 9.58. The van der Waals surface area contributed by atoms with E-state index < -0.39 is 23.6 Å². The van der Waals surface area contributed by atoms with E-state index in [2.05, 4.69) is 15.6 Å². The van der Waals surface area contributed by atoms with Gasteiger partial charge >= 0.3 is 5.97 Å². The van der Waals surface area contributed by atoms with Gasteiger partial charge in [-0.25, -0.2) is 4.98 Å². The summed E-state index contributed by atoms with van der Waals surface area (Å²) in [5.74, 6) is -1.22. The zero-order valence-electron chi connectivity index (χ0n) is 26.1. The second-order valence-corrected chi connectivity index (χ2v) is 14.6. The Morgan fingerprint density at radius 2 is 1.84 bits per heavy atom. The maximum atomic E-state index is 13.9. The predicted octanol–water partition coefficient (Wildman–Crippen LogP) is 2.11. The third kappa shape index (κ3) is 6.82. The molecule has 1 aromatic carbocycles. The lowest BCUT2D eigenvalue weighted by Crippen LogP contribution is -2.65. The first kappa shape index (κ1) is 32.1. The number of hydrogen-bond donors (Lipinski definition) is 3. The van der Waals surface area contributed by atoms with Crippen molar-refractivity contribution in [1.82, 2.24) is 25.4 Å². The summed E-state index contributed by atoms with van der Waals surface area (Å²) in [6.45, 7) is 9.51. The Labute approximate surface area is 262 Å². The number of benzene rings is 1. The highest BCUT2D eigenvalue weighted by atomic mass is 32.1. The van der Waals surface area contributed by atoms with Gasteiger partial charge in [-0.15, -0.1) is 11.3 Å². The highest BCUT2D eigenvalue weighted by molar-refractivity contribution is 7.13. The number of amides is 3. The van der Waals surface area contributed by atoms with Crippen LogP contribution in [0.2, 0.25) is 0 Å². The van der Waals surface area contributed by atoms with Crippen molar-refractivity contribution in [2.45, 2.75) is 71.7 Å². The Morgan fingerprint density at radius 3 is 2.43 bits per heavy atom. The molecule has 1 aromatic heterocycles. The lowest BCUT2D eigenvalue weighted by Gasteiger charge is -2.58. The summed E-state index contributed by atoms with van der Waals surface area (Å²) in [5, 5.41) is 16.3. The van der Waals surface area contributed by atoms with E-state index in [-0.39, 0.29) is 61.1 Å². The number of carbonyl (C=O) groups excluding carboxylic acids is 4. The fourth-order valence-electron chi connectivity index (χ4n) is 6.78. The number of nitrogens with one attached hydrogen (secondary N) is 2. The molecule has 1 saturated carbocycles. The Morgan fingerprint density at radius 1 is 1.16 bits per heavy atom. The topological polar surface area (TPSA) is 141 Å². The highest BCUT2D eigenvalue weighted by Crippen LogP contribution is 2.52. The number of likely N-dealkylation sites (tertiary alicyclic amines) is 2. The number of methoxy groups -OCH3 is 1. The van der Waals surface area contributed by atoms with Crippen LogP contribution in [-0.2, 0) is 30.5 Å². The van der Waals surface area contributed by atoms with Gasteiger partial charge in [0.1, 0.15) is 12.1 Å². The molecule has 1 unspecified atom stereocenters. The molecule has 2 aliphatic heterocycles. The van der Waals surface area contributed by atoms with E-state index in [4.69, 9.17) is 4.74 Å². The number of aliphatic hydroxyl groups is 1. The van der Waals surface area contributed by atoms with E-state index in [0.717, 1.165) is 47.6 Å². The van der Waals surface area contributed by atoms with Crippen molar-refractivity contribution in [1.29, 1.82) is 0 Å². The van der Waals surface area contributed by atoms with Crippen LogP contribution in [0, 0.1) is 23.7 Å². The van der Waals surface area contributed by atoms with Crippen molar-refractivity contribution in [2.75, 3.05) is 33.3 Å². The van der Waals surface area contributed by atoms with Crippen LogP contribution in [0.1, 0.15) is 51.3 Å². The number of β-amino-alcohol motifs (C(OH)–C–C–N with tert-alkyl or cyclic N) is 1. The normalized spacial score (nSPS) is 22.2. The van der Waals surface area contributed by atoms with Gasteiger partial charge in [-0.2, -0.15) is 0 Å². The van der Waals surface area contributed by atoms with Gasteiger partial charge in [0, 0.05) is 32.6 Å². The number of esters is 1. The van der Waals surface area contributed by atoms with E-state index in [1.165, 1.54) is 12.0 Å². The van der Waals surface area contributed by atoms with Crippen LogP contribution < -0.4 is 10.6 Å². The molecule has 11 nitrogen and oxygen atoms in total. The Balaban J connectivity index is 1.15. The minimum absolute atomic E-state index is 0.0261. The summed E-state index contributed by atoms with van der Waals surface area (Å²) < 4.78 is 4.83. The second-order valence-electron chi connectivity index (χ2n) is 13.7. The molecule has 2 saturated heterocycles. The second kappa shape index (κ2) is 12.6. The number of aromatic nitrogens is 1. The Kier molecular flexibility index (Phi) is 9.16. The van der Waals surface area contributed by atoms with Crippen molar-refractivity contribution in [3.8, 4) is 10.4 Å². The van der Waals surface area contributed by atoms with E-state index in [1.54, 1.807) is 11.3 Å². The van der Waals surface area contributed by atoms with Gasteiger partial charge in [-0.1, -0.05) is 45.0 Å². The first-order chi connectivity index (χ1) is 20.8. The molecular weight excluding hydrogens is 582 g/mol. The summed E-state index contributed by atoms with van der Waals surface area (Å²) >= 11 is 1.58. The number of ether oxygens (including phenoxy) is 1. The molecule has 3 amide bonds. The van der Waals surface area contributed by atoms with Crippen LogP contribution >= 0.6 is 11.3 Å². The molecule has 3 N–H and O–H groups in total. The van der Waals surface area contributed by atoms with Crippen molar-refractivity contribution < 1.29 is 29.0 Å². The summed E-state index contributed by atoms with van der Waals surface area (Å²) in [4.78, 5) is 60.8. The van der Waals surface area contributed by atoms with Gasteiger partial charge in [0.2, 0.25) is 17.7 Å². The average molecular weight is 626 g/mol. The van der Waals surface area contributed by atoms with Gasteiger partial charge in [0.05, 0.1) is 41.8 Å². The standard InChI is InChI=1S/C32H43N5O6S/c1-19-26(44-18-34-19)21-8-6-20(7-9-21)13-33-28(40)24-10-23(38)14-37(24)29(41)27(31(2,3)4)35-25(39)15-36-16-32(17-36)11-22(12-32)30(42)43-5/h6-9,18,22-24,27,38H,10-17H2,1-5H3,(H,33,40)(H,35,39)/t23-,24+,27?/m1/s1. The van der Waals surface area contributed by atoms with Crippen molar-refractivity contribution >= 4 is 35.0 Å². The number of nitrogens with zero attached hydrogens (tertiary/aromatic N) is 3. The van der Waals surface area contributed by atoms with Gasteiger partial charge < -0.3 is 25.4 Å². The van der Waals surface area contributed by atoms with E-state index in [1.807, 2.05) is 62.4 Å². The predicted molar refractivity (Wildman–Crippen MR) is 165 cm³/mol. The number of aryl methyl sites for hydroxylation is 1. The molecule has 3 fully saturated rings. The fraction of sp³-hybridized carbons (Fsp3) is 0.594. The fourth-order valence-corrected chi connectivity index (χ4v) is 7.59. The first-order valence-corrected chi connectivity index (χ1v) is 16.0. The molecule has 2 aromatic rings. The largest absolute Gasteiger partial charge is 0.469 e. The Bertz CT molecular complexity index is 1390. The molecule has 5 rings (SSSR count). The number of aliphatic hydroxyl groups excluding tert-OH is 1. The first-order valence-electron chi connectivity index (χ1n) is 15.1. The van der Waals surface area contributed by atoms with Crippen molar-refractivity contribution in [3.63, 3.8) is 0 Å². The molecule has 12 heteroatoms. The molecule has 1 spiro atoms. The van der Waals surface area contributed by atoms with Crippen LogP contribution in [0.25, 0.3) is 10.4 Å². The van der Waals surface area contributed by atoms with Gasteiger partial charge in [0.15, 0.2) is 0 Å². The lowest BCUT2D eigenvalue weighted by molar-refractivity contribution is -0.165. The Hall–Kier alpha value is -3.35. The molecule has 44 heavy (non-hydrogen) atoms. The van der Waals surface area contributed by atoms with Crippen molar-refractivity contribution in [2.24, 2.45) is 16.7 Å². The molecule has 3 aliphatic rings. The smallest absolute Gasteiger partial charge is 0.308 e. The zero-order chi connectivity index (χ0) is 31.8. The maximum Gasteiger partial charge on any atom is 0.308 e. The molecule has 0 radical (unpaired) electrons. The average Bonchev–Trinajstić information content (AvgIpc) is 3.55. The van der Waals surface area contributed by atoms with E-state index in [0.29, 0.717) is 0 Å². The highest BCUT2D eigenvalue weighted by Gasteiger charge is 2.55. The third-order valence-electron chi connectivity index (χ3n) is 9.09. The van der Waals surface area contributed by atoms with E-state index in [9.17, 15) is 24.3 Å². The van der Waals surface area contributed by atoms with Gasteiger partial charge in [-0.3, -0.25) is 24.1 Å². The minimum Gasteiger partial charge on any atom is -0.469 e. The quantitative estimate of drug-likeness (QED) is 0.360. The van der Waals surface area contributed by atoms with Crippen LogP contribution in [0.4, 0.5) is 0 Å². The molecule has 3 heterocycles. The zero-order valence-corrected chi connectivity index (χ0v) is 26.9. The summed E-state index contributed by atoms with van der Waals surface area (Å²) in [5.41, 5.74) is 4.22. The summed E-state index contributed by atoms with van der Waals surface area (Å²) in [6, 6.07) is 6.19. The number of rotatable bonds is 9. The molecule has 238 valence electrons. The molecular formula is C32H43N5O6S. The van der Waals surface area contributed by atoms with Gasteiger partial charge in [-0.05, 0) is 41.7 Å². The molecule has 0 bridgehead atoms. The van der Waals surface area contributed by atoms with Crippen molar-refractivity contribution in [3.05, 3.63) is 41.0 Å². The molecule has 1 aliphatic carbocycles. The maximum absolute atomic E-state index is 13.9. The number of hydrogen-bond acceptors (Lipinski definition) is 9. The monoisotopic (exact) mass is 625 g/mol. The van der Waals surface area contributed by atoms with Gasteiger partial charge in [0.25, 0.3) is 0 Å². The van der Waals surface area contributed by atoms with Crippen LogP contribution in [0.15, 0.2) is 29.8 Å². The third-order valence-corrected chi connectivity index (χ3v) is 10.1. The van der Waals surface area contributed by atoms with E-state index >= 15 is 0 Å². The van der Waals surface area contributed by atoms with Crippen LogP contribution in [-0.4, -0.2) is 95.1 Å². The van der Waals surface area contributed by atoms with Crippen LogP contribution in [0.3, 0.4) is 0 Å². The molecule has 3 atom stereocenters. The number of thiazole rings is 1. The van der Waals surface area contributed by atoms with Crippen LogP contribution in [0.5, 0.6) is 0 Å². The minimum atomic E-state index is -0.874. The number of carbonyl (C=O) groups is 4. The summed E-state index contributed by atoms with van der Waals surface area (Å²) in [6.07, 6.45) is 0.856. The summed E-state index contributed by atoms with van der Waals surface area (Å²) in [7, 11) is 1.40.